The molecule has 1 aromatic carbocycles. The van der Waals surface area contributed by atoms with Gasteiger partial charge < -0.3 is 14.9 Å². The zero-order valence-corrected chi connectivity index (χ0v) is 12.2. The van der Waals surface area contributed by atoms with Gasteiger partial charge in [0.05, 0.1) is 13.7 Å². The van der Waals surface area contributed by atoms with Gasteiger partial charge in [-0.15, -0.1) is 0 Å². The molecule has 1 N–H and O–H groups in total. The Morgan fingerprint density at radius 2 is 1.81 bits per heavy atom. The summed E-state index contributed by atoms with van der Waals surface area (Å²) in [5.74, 6) is 0.348. The van der Waals surface area contributed by atoms with Crippen LogP contribution in [0, 0.1) is 13.8 Å². The van der Waals surface area contributed by atoms with Crippen molar-refractivity contribution in [2.45, 2.75) is 27.0 Å². The van der Waals surface area contributed by atoms with Crippen LogP contribution in [0.15, 0.2) is 30.3 Å². The van der Waals surface area contributed by atoms with E-state index in [1.165, 1.54) is 7.11 Å². The van der Waals surface area contributed by atoms with E-state index in [9.17, 15) is 8.78 Å². The van der Waals surface area contributed by atoms with Crippen LogP contribution in [0.4, 0.5) is 8.78 Å². The molecule has 6 heteroatoms. The van der Waals surface area contributed by atoms with Gasteiger partial charge in [0.25, 0.3) is 0 Å². The number of hydrogen-bond donors (Lipinski definition) is 1. The van der Waals surface area contributed by atoms with Gasteiger partial charge in [-0.25, -0.2) is 0 Å². The van der Waals surface area contributed by atoms with Crippen molar-refractivity contribution in [3.8, 4) is 11.5 Å². The normalized spacial score (nSPS) is 10.8. The maximum Gasteiger partial charge on any atom is 0.387 e. The Kier molecular flexibility index (Phi) is 4.67. The highest BCUT2D eigenvalue weighted by Crippen LogP contribution is 2.32. The van der Waals surface area contributed by atoms with Gasteiger partial charge in [-0.3, -0.25) is 4.68 Å². The van der Waals surface area contributed by atoms with Crippen LogP contribution >= 0.6 is 0 Å². The van der Waals surface area contributed by atoms with Crippen LogP contribution in [0.5, 0.6) is 11.5 Å². The molecule has 0 saturated heterocycles. The average molecular weight is 296 g/mol. The summed E-state index contributed by atoms with van der Waals surface area (Å²) in [4.78, 5) is 0. The maximum absolute atomic E-state index is 12.6. The molecule has 0 aliphatic heterocycles. The number of aryl methyl sites for hydroxylation is 2. The SMILES string of the molecule is COc1cccc(CNn2c(C)ccc2C)c1OC(F)F. The van der Waals surface area contributed by atoms with Crippen molar-refractivity contribution < 1.29 is 18.3 Å². The van der Waals surface area contributed by atoms with Crippen molar-refractivity contribution in [2.75, 3.05) is 12.5 Å². The molecule has 0 amide bonds. The lowest BCUT2D eigenvalue weighted by Gasteiger charge is -2.17. The number of halogens is 2. The van der Waals surface area contributed by atoms with E-state index in [4.69, 9.17) is 4.74 Å². The number of para-hydroxylation sites is 1. The van der Waals surface area contributed by atoms with Gasteiger partial charge in [0, 0.05) is 17.0 Å². The number of nitrogens with zero attached hydrogens (tertiary/aromatic N) is 1. The minimum Gasteiger partial charge on any atom is -0.493 e. The van der Waals surface area contributed by atoms with Crippen molar-refractivity contribution in [2.24, 2.45) is 0 Å². The van der Waals surface area contributed by atoms with Crippen molar-refractivity contribution in [3.05, 3.63) is 47.3 Å². The topological polar surface area (TPSA) is 35.4 Å². The van der Waals surface area contributed by atoms with Crippen LogP contribution in [0.2, 0.25) is 0 Å². The molecular weight excluding hydrogens is 278 g/mol. The summed E-state index contributed by atoms with van der Waals surface area (Å²) in [7, 11) is 1.42. The number of nitrogens with one attached hydrogen (secondary N) is 1. The van der Waals surface area contributed by atoms with Crippen LogP contribution in [-0.2, 0) is 6.54 Å². The number of alkyl halides is 2. The van der Waals surface area contributed by atoms with Crippen molar-refractivity contribution >= 4 is 0 Å². The monoisotopic (exact) mass is 296 g/mol. The largest absolute Gasteiger partial charge is 0.493 e. The Morgan fingerprint density at radius 1 is 1.14 bits per heavy atom. The van der Waals surface area contributed by atoms with E-state index in [-0.39, 0.29) is 11.5 Å². The molecule has 0 fully saturated rings. The average Bonchev–Trinajstić information content (AvgIpc) is 2.76. The Balaban J connectivity index is 2.23. The predicted molar refractivity (Wildman–Crippen MR) is 76.6 cm³/mol. The zero-order valence-electron chi connectivity index (χ0n) is 12.2. The van der Waals surface area contributed by atoms with E-state index < -0.39 is 6.61 Å². The van der Waals surface area contributed by atoms with Crippen LogP contribution in [0.1, 0.15) is 17.0 Å². The molecule has 0 radical (unpaired) electrons. The molecule has 0 spiro atoms. The van der Waals surface area contributed by atoms with Gasteiger partial charge in [-0.1, -0.05) is 12.1 Å². The lowest BCUT2D eigenvalue weighted by molar-refractivity contribution is -0.0518. The fourth-order valence-corrected chi connectivity index (χ4v) is 2.17. The van der Waals surface area contributed by atoms with E-state index >= 15 is 0 Å². The number of methoxy groups -OCH3 is 1. The quantitative estimate of drug-likeness (QED) is 0.886. The molecule has 21 heavy (non-hydrogen) atoms. The van der Waals surface area contributed by atoms with Crippen LogP contribution in [0.25, 0.3) is 0 Å². The summed E-state index contributed by atoms with van der Waals surface area (Å²) in [6.07, 6.45) is 0. The highest BCUT2D eigenvalue weighted by molar-refractivity contribution is 5.47. The third-order valence-corrected chi connectivity index (χ3v) is 3.19. The summed E-state index contributed by atoms with van der Waals surface area (Å²) >= 11 is 0. The van der Waals surface area contributed by atoms with Crippen molar-refractivity contribution in [3.63, 3.8) is 0 Å². The van der Waals surface area contributed by atoms with Gasteiger partial charge in [0.15, 0.2) is 11.5 Å². The molecule has 0 aliphatic carbocycles. The first-order valence-electron chi connectivity index (χ1n) is 6.52. The maximum atomic E-state index is 12.6. The smallest absolute Gasteiger partial charge is 0.387 e. The first kappa shape index (κ1) is 15.2. The summed E-state index contributed by atoms with van der Waals surface area (Å²) in [6.45, 7) is 1.37. The highest BCUT2D eigenvalue weighted by atomic mass is 19.3. The van der Waals surface area contributed by atoms with Gasteiger partial charge >= 0.3 is 6.61 Å². The number of aromatic nitrogens is 1. The summed E-state index contributed by atoms with van der Waals surface area (Å²) in [6, 6.07) is 9.01. The molecule has 4 nitrogen and oxygen atoms in total. The highest BCUT2D eigenvalue weighted by Gasteiger charge is 2.15. The van der Waals surface area contributed by atoms with Crippen LogP contribution in [-0.4, -0.2) is 18.4 Å². The Bertz CT molecular complexity index is 592. The molecule has 0 atom stereocenters. The molecule has 1 heterocycles. The summed E-state index contributed by atoms with van der Waals surface area (Å²) in [5, 5.41) is 0. The van der Waals surface area contributed by atoms with E-state index in [2.05, 4.69) is 10.2 Å². The first-order valence-corrected chi connectivity index (χ1v) is 6.52. The number of hydrogen-bond acceptors (Lipinski definition) is 3. The second-order valence-electron chi connectivity index (χ2n) is 4.61. The fourth-order valence-electron chi connectivity index (χ4n) is 2.17. The lowest BCUT2D eigenvalue weighted by Crippen LogP contribution is -2.18. The van der Waals surface area contributed by atoms with Gasteiger partial charge in [0.1, 0.15) is 0 Å². The van der Waals surface area contributed by atoms with Crippen molar-refractivity contribution in [1.29, 1.82) is 0 Å². The van der Waals surface area contributed by atoms with Gasteiger partial charge in [0.2, 0.25) is 0 Å². The molecule has 0 aliphatic rings. The number of benzene rings is 1. The molecule has 0 saturated carbocycles. The lowest BCUT2D eigenvalue weighted by atomic mass is 10.2. The first-order chi connectivity index (χ1) is 10.0. The van der Waals surface area contributed by atoms with Crippen molar-refractivity contribution in [1.82, 2.24) is 4.68 Å². The van der Waals surface area contributed by atoms with E-state index in [1.54, 1.807) is 18.2 Å². The standard InChI is InChI=1S/C15H18F2N2O2/c1-10-7-8-11(2)19(10)18-9-12-5-4-6-13(20-3)14(12)21-15(16)17/h4-8,15,18H,9H2,1-3H3. The third-order valence-electron chi connectivity index (χ3n) is 3.19. The van der Waals surface area contributed by atoms with E-state index in [0.29, 0.717) is 12.1 Å². The number of ether oxygens (including phenoxy) is 2. The Morgan fingerprint density at radius 3 is 2.38 bits per heavy atom. The van der Waals surface area contributed by atoms with Gasteiger partial charge in [-0.2, -0.15) is 8.78 Å². The third kappa shape index (κ3) is 3.45. The number of rotatable bonds is 6. The molecule has 0 bridgehead atoms. The minimum absolute atomic E-state index is 0.0602. The van der Waals surface area contributed by atoms with E-state index in [0.717, 1.165) is 11.4 Å². The van der Waals surface area contributed by atoms with Crippen LogP contribution in [0.3, 0.4) is 0 Å². The second kappa shape index (κ2) is 6.47. The summed E-state index contributed by atoms with van der Waals surface area (Å²) in [5.41, 5.74) is 5.85. The minimum atomic E-state index is -2.89. The molecule has 2 aromatic rings. The zero-order chi connectivity index (χ0) is 15.4. The molecule has 114 valence electrons. The van der Waals surface area contributed by atoms with Crippen LogP contribution < -0.4 is 14.9 Å². The molecular formula is C15H18F2N2O2. The molecule has 1 aromatic heterocycles. The Hall–Kier alpha value is -2.24. The van der Waals surface area contributed by atoms with Gasteiger partial charge in [-0.05, 0) is 32.0 Å². The van der Waals surface area contributed by atoms with E-state index in [1.807, 2.05) is 30.7 Å². The second-order valence-corrected chi connectivity index (χ2v) is 4.61. The predicted octanol–water partition coefficient (Wildman–Crippen LogP) is 3.46. The Labute approximate surface area is 122 Å². The fraction of sp³-hybridized carbons (Fsp3) is 0.333. The molecule has 0 unspecified atom stereocenters. The summed E-state index contributed by atoms with van der Waals surface area (Å²) < 4.78 is 36.7. The molecule has 2 rings (SSSR count).